The molecule has 4 saturated heterocycles. The number of non-ortho nitro benzene ring substituents is 1. The Morgan fingerprint density at radius 3 is 2.69 bits per heavy atom. The van der Waals surface area contributed by atoms with Crippen molar-refractivity contribution in [3.05, 3.63) is 34.4 Å². The van der Waals surface area contributed by atoms with Gasteiger partial charge in [-0.3, -0.25) is 10.1 Å². The van der Waals surface area contributed by atoms with Gasteiger partial charge in [0.2, 0.25) is 5.79 Å². The summed E-state index contributed by atoms with van der Waals surface area (Å²) in [7, 11) is 0. The Labute approximate surface area is 203 Å². The van der Waals surface area contributed by atoms with Crippen LogP contribution in [0, 0.1) is 33.8 Å². The van der Waals surface area contributed by atoms with Crippen LogP contribution in [-0.2, 0) is 24.0 Å². The fourth-order valence-electron chi connectivity index (χ4n) is 6.24. The highest BCUT2D eigenvalue weighted by Gasteiger charge is 2.69. The van der Waals surface area contributed by atoms with Gasteiger partial charge in [-0.25, -0.2) is 14.6 Å². The summed E-state index contributed by atoms with van der Waals surface area (Å²) in [5, 5.41) is 16.1. The predicted molar refractivity (Wildman–Crippen MR) is 123 cm³/mol. The van der Waals surface area contributed by atoms with Crippen molar-refractivity contribution in [2.24, 2.45) is 23.7 Å². The van der Waals surface area contributed by atoms with E-state index in [4.69, 9.17) is 24.0 Å². The number of hydrogen-bond acceptors (Lipinski definition) is 8. The maximum Gasteiger partial charge on any atom is 0.319 e. The van der Waals surface area contributed by atoms with Crippen molar-refractivity contribution < 1.29 is 33.7 Å². The monoisotopic (exact) mass is 491 g/mol. The first kappa shape index (κ1) is 24.4. The van der Waals surface area contributed by atoms with Gasteiger partial charge in [-0.05, 0) is 50.2 Å². The van der Waals surface area contributed by atoms with Gasteiger partial charge < -0.3 is 24.8 Å². The van der Waals surface area contributed by atoms with Crippen LogP contribution in [0.5, 0.6) is 0 Å². The van der Waals surface area contributed by atoms with Gasteiger partial charge in [0.1, 0.15) is 0 Å². The standard InChI is InChI=1S/C24H33N3O8/c1-14-4-9-19-15(2)20(32-21-24(19)18(14)10-11-23(3,33-21)34-35-24)31-13-12-25-22(28)26-16-5-7-17(8-6-16)27(29)30/h5-8,14-15,18-21H,4,9-13H2,1-3H3,(H2,25,26,28)/t14-,15-,18+,19+,20+,21-,23-,24-/m1/s1. The molecule has 2 N–H and O–H groups in total. The zero-order valence-electron chi connectivity index (χ0n) is 20.2. The Bertz CT molecular complexity index is 961. The van der Waals surface area contributed by atoms with E-state index in [1.165, 1.54) is 24.3 Å². The number of nitrogens with zero attached hydrogens (tertiary/aromatic N) is 1. The molecule has 0 radical (unpaired) electrons. The van der Waals surface area contributed by atoms with Crippen LogP contribution in [0.4, 0.5) is 16.2 Å². The highest BCUT2D eigenvalue weighted by Crippen LogP contribution is 2.60. The minimum Gasteiger partial charge on any atom is -0.350 e. The number of amides is 2. The van der Waals surface area contributed by atoms with E-state index < -0.39 is 34.9 Å². The Hall–Kier alpha value is -2.31. The number of carbonyl (C=O) groups is 1. The summed E-state index contributed by atoms with van der Waals surface area (Å²) < 4.78 is 18.7. The molecule has 5 fully saturated rings. The number of carbonyl (C=O) groups excluding carboxylic acids is 1. The van der Waals surface area contributed by atoms with E-state index >= 15 is 0 Å². The zero-order chi connectivity index (χ0) is 24.8. The molecule has 6 rings (SSSR count). The maximum atomic E-state index is 12.2. The summed E-state index contributed by atoms with van der Waals surface area (Å²) >= 11 is 0. The molecule has 2 bridgehead atoms. The fourth-order valence-corrected chi connectivity index (χ4v) is 6.24. The lowest BCUT2D eigenvalue weighted by atomic mass is 9.58. The number of urea groups is 1. The minimum atomic E-state index is -0.833. The Balaban J connectivity index is 1.16. The van der Waals surface area contributed by atoms with E-state index in [-0.39, 0.29) is 30.7 Å². The molecule has 1 saturated carbocycles. The molecule has 35 heavy (non-hydrogen) atoms. The third kappa shape index (κ3) is 4.40. The van der Waals surface area contributed by atoms with Crippen LogP contribution in [-0.4, -0.2) is 48.1 Å². The van der Waals surface area contributed by atoms with Crippen molar-refractivity contribution in [2.75, 3.05) is 18.5 Å². The average Bonchev–Trinajstić information content (AvgIpc) is 3.06. The van der Waals surface area contributed by atoms with Crippen LogP contribution in [0.25, 0.3) is 0 Å². The van der Waals surface area contributed by atoms with E-state index in [0.29, 0.717) is 17.5 Å². The van der Waals surface area contributed by atoms with Crippen LogP contribution >= 0.6 is 0 Å². The SMILES string of the molecule is C[C@H]1[C@@H](OCCNC(=O)Nc2ccc([N+](=O)[O-])cc2)O[C@@H]2O[C@@]3(C)CC[C@H]4[C@H](C)CC[C@@H]1[C@@]24OO3. The number of anilines is 1. The molecule has 1 aliphatic carbocycles. The normalized spacial score (nSPS) is 39.9. The van der Waals surface area contributed by atoms with Gasteiger partial charge >= 0.3 is 6.03 Å². The molecular formula is C24H33N3O8. The van der Waals surface area contributed by atoms with Crippen LogP contribution in [0.1, 0.15) is 46.5 Å². The van der Waals surface area contributed by atoms with Crippen LogP contribution in [0.2, 0.25) is 0 Å². The summed E-state index contributed by atoms with van der Waals surface area (Å²) in [6.45, 7) is 6.80. The van der Waals surface area contributed by atoms with Crippen LogP contribution < -0.4 is 10.6 Å². The molecule has 1 aromatic carbocycles. The summed E-state index contributed by atoms with van der Waals surface area (Å²) in [6.07, 6.45) is 2.77. The van der Waals surface area contributed by atoms with E-state index in [1.54, 1.807) is 0 Å². The van der Waals surface area contributed by atoms with Crippen molar-refractivity contribution in [1.29, 1.82) is 0 Å². The molecule has 4 aliphatic heterocycles. The zero-order valence-corrected chi connectivity index (χ0v) is 20.2. The first-order valence-electron chi connectivity index (χ1n) is 12.3. The van der Waals surface area contributed by atoms with E-state index in [1.807, 2.05) is 6.92 Å². The molecule has 5 aliphatic rings. The molecule has 11 nitrogen and oxygen atoms in total. The lowest BCUT2D eigenvalue weighted by Gasteiger charge is -2.60. The van der Waals surface area contributed by atoms with Crippen molar-refractivity contribution in [2.45, 2.75) is 70.4 Å². The molecule has 0 unspecified atom stereocenters. The fraction of sp³-hybridized carbons (Fsp3) is 0.708. The quantitative estimate of drug-likeness (QED) is 0.265. The Morgan fingerprint density at radius 2 is 1.94 bits per heavy atom. The minimum absolute atomic E-state index is 0.0386. The summed E-state index contributed by atoms with van der Waals surface area (Å²) in [5.74, 6) is 0.190. The lowest BCUT2D eigenvalue weighted by molar-refractivity contribution is -0.577. The number of nitro benzene ring substituents is 1. The topological polar surface area (TPSA) is 130 Å². The molecule has 8 atom stereocenters. The molecule has 192 valence electrons. The maximum absolute atomic E-state index is 12.2. The molecule has 1 spiro atoms. The third-order valence-corrected chi connectivity index (χ3v) is 8.10. The third-order valence-electron chi connectivity index (χ3n) is 8.10. The van der Waals surface area contributed by atoms with Crippen molar-refractivity contribution in [3.8, 4) is 0 Å². The van der Waals surface area contributed by atoms with Gasteiger partial charge in [0.15, 0.2) is 18.2 Å². The van der Waals surface area contributed by atoms with Gasteiger partial charge in [-0.1, -0.05) is 13.8 Å². The number of fused-ring (bicyclic) bond motifs is 2. The number of nitro groups is 1. The Kier molecular flexibility index (Phi) is 6.47. The van der Waals surface area contributed by atoms with E-state index in [9.17, 15) is 14.9 Å². The predicted octanol–water partition coefficient (Wildman–Crippen LogP) is 3.94. The van der Waals surface area contributed by atoms with Crippen molar-refractivity contribution in [1.82, 2.24) is 5.32 Å². The molecular weight excluding hydrogens is 458 g/mol. The van der Waals surface area contributed by atoms with E-state index in [2.05, 4.69) is 24.5 Å². The summed E-state index contributed by atoms with van der Waals surface area (Å²) in [4.78, 5) is 34.4. The number of rotatable bonds is 6. The number of nitrogens with one attached hydrogen (secondary N) is 2. The number of ether oxygens (including phenoxy) is 3. The molecule has 11 heteroatoms. The van der Waals surface area contributed by atoms with Gasteiger partial charge in [-0.2, -0.15) is 0 Å². The number of hydrogen-bond donors (Lipinski definition) is 2. The van der Waals surface area contributed by atoms with Crippen LogP contribution in [0.3, 0.4) is 0 Å². The molecule has 2 amide bonds. The Morgan fingerprint density at radius 1 is 1.17 bits per heavy atom. The average molecular weight is 492 g/mol. The van der Waals surface area contributed by atoms with Gasteiger partial charge in [-0.15, -0.1) is 0 Å². The van der Waals surface area contributed by atoms with Gasteiger partial charge in [0, 0.05) is 42.6 Å². The molecule has 4 heterocycles. The van der Waals surface area contributed by atoms with Gasteiger partial charge in [0.25, 0.3) is 5.69 Å². The first-order valence-corrected chi connectivity index (χ1v) is 12.3. The first-order chi connectivity index (χ1) is 16.7. The summed E-state index contributed by atoms with van der Waals surface area (Å²) in [6, 6.07) is 5.20. The van der Waals surface area contributed by atoms with Crippen molar-refractivity contribution in [3.63, 3.8) is 0 Å². The number of benzene rings is 1. The van der Waals surface area contributed by atoms with Gasteiger partial charge in [0.05, 0.1) is 11.5 Å². The van der Waals surface area contributed by atoms with Crippen molar-refractivity contribution >= 4 is 17.4 Å². The van der Waals surface area contributed by atoms with E-state index in [0.717, 1.165) is 25.7 Å². The van der Waals surface area contributed by atoms with Crippen LogP contribution in [0.15, 0.2) is 24.3 Å². The lowest BCUT2D eigenvalue weighted by Crippen LogP contribution is -2.70. The second kappa shape index (κ2) is 9.29. The largest absolute Gasteiger partial charge is 0.350 e. The second-order valence-corrected chi connectivity index (χ2v) is 10.3. The molecule has 0 aromatic heterocycles. The highest BCUT2D eigenvalue weighted by atomic mass is 17.3. The highest BCUT2D eigenvalue weighted by molar-refractivity contribution is 5.89. The summed E-state index contributed by atoms with van der Waals surface area (Å²) in [5.41, 5.74) is -0.209. The molecule has 1 aromatic rings. The smallest absolute Gasteiger partial charge is 0.319 e. The second-order valence-electron chi connectivity index (χ2n) is 10.3.